The smallest absolute Gasteiger partial charge is 0.348 e. The zero-order valence-electron chi connectivity index (χ0n) is 13.9. The second kappa shape index (κ2) is 7.45. The van der Waals surface area contributed by atoms with Crippen molar-refractivity contribution in [3.05, 3.63) is 76.2 Å². The standard InChI is InChI=1S/C19H15FN2O3S/c1-11-9-16(26-17(11)12-4-6-13(20)7-5-12)19(24)25-10-15-14(18(21)23)3-2-8-22-15/h2-9H,10H2,1H3,(H2,21,23). The number of amides is 1. The second-order valence-electron chi connectivity index (χ2n) is 5.57. The van der Waals surface area contributed by atoms with E-state index in [9.17, 15) is 14.0 Å². The molecule has 0 radical (unpaired) electrons. The number of nitrogens with two attached hydrogens (primary N) is 1. The number of rotatable bonds is 5. The third-order valence-corrected chi connectivity index (χ3v) is 4.99. The molecule has 26 heavy (non-hydrogen) atoms. The van der Waals surface area contributed by atoms with E-state index in [1.54, 1.807) is 24.3 Å². The fourth-order valence-electron chi connectivity index (χ4n) is 2.45. The van der Waals surface area contributed by atoms with Gasteiger partial charge in [-0.15, -0.1) is 11.3 Å². The van der Waals surface area contributed by atoms with Gasteiger partial charge in [0.05, 0.1) is 11.3 Å². The fourth-order valence-corrected chi connectivity index (χ4v) is 3.52. The fraction of sp³-hybridized carbons (Fsp3) is 0.105. The number of thiophene rings is 1. The number of ether oxygens (including phenoxy) is 1. The minimum absolute atomic E-state index is 0.152. The van der Waals surface area contributed by atoms with Gasteiger partial charge in [0.25, 0.3) is 5.91 Å². The number of benzene rings is 1. The number of halogens is 1. The molecule has 0 bridgehead atoms. The Labute approximate surface area is 153 Å². The van der Waals surface area contributed by atoms with E-state index in [-0.39, 0.29) is 18.0 Å². The van der Waals surface area contributed by atoms with Crippen molar-refractivity contribution in [3.8, 4) is 10.4 Å². The molecule has 0 atom stereocenters. The summed E-state index contributed by atoms with van der Waals surface area (Å²) >= 11 is 1.26. The van der Waals surface area contributed by atoms with E-state index in [1.165, 1.54) is 35.7 Å². The van der Waals surface area contributed by atoms with Crippen molar-refractivity contribution in [3.63, 3.8) is 0 Å². The molecule has 0 fully saturated rings. The van der Waals surface area contributed by atoms with E-state index < -0.39 is 11.9 Å². The third kappa shape index (κ3) is 3.78. The highest BCUT2D eigenvalue weighted by molar-refractivity contribution is 7.17. The number of nitrogens with zero attached hydrogens (tertiary/aromatic N) is 1. The highest BCUT2D eigenvalue weighted by Gasteiger charge is 2.17. The van der Waals surface area contributed by atoms with E-state index >= 15 is 0 Å². The highest BCUT2D eigenvalue weighted by Crippen LogP contribution is 2.33. The molecule has 5 nitrogen and oxygen atoms in total. The quantitative estimate of drug-likeness (QED) is 0.694. The zero-order valence-corrected chi connectivity index (χ0v) is 14.7. The number of aryl methyl sites for hydroxylation is 1. The predicted molar refractivity (Wildman–Crippen MR) is 96.3 cm³/mol. The lowest BCUT2D eigenvalue weighted by Gasteiger charge is -2.06. The molecule has 0 spiro atoms. The zero-order chi connectivity index (χ0) is 18.7. The van der Waals surface area contributed by atoms with Crippen molar-refractivity contribution in [1.82, 2.24) is 4.98 Å². The molecule has 1 amide bonds. The van der Waals surface area contributed by atoms with Crippen LogP contribution in [0, 0.1) is 12.7 Å². The van der Waals surface area contributed by atoms with Gasteiger partial charge in [0.2, 0.25) is 0 Å². The van der Waals surface area contributed by atoms with Crippen LogP contribution >= 0.6 is 11.3 Å². The molecule has 0 aliphatic rings. The van der Waals surface area contributed by atoms with Gasteiger partial charge in [-0.2, -0.15) is 0 Å². The number of carbonyl (C=O) groups is 2. The van der Waals surface area contributed by atoms with Crippen LogP contribution in [-0.4, -0.2) is 16.9 Å². The summed E-state index contributed by atoms with van der Waals surface area (Å²) in [5.74, 6) is -1.47. The Bertz CT molecular complexity index is 967. The molecule has 2 aromatic heterocycles. The van der Waals surface area contributed by atoms with Gasteiger partial charge in [-0.1, -0.05) is 12.1 Å². The molecule has 0 saturated carbocycles. The molecule has 0 saturated heterocycles. The van der Waals surface area contributed by atoms with Gasteiger partial charge >= 0.3 is 5.97 Å². The first-order valence-corrected chi connectivity index (χ1v) is 8.54. The monoisotopic (exact) mass is 370 g/mol. The van der Waals surface area contributed by atoms with Gasteiger partial charge in [0.1, 0.15) is 17.3 Å². The van der Waals surface area contributed by atoms with Gasteiger partial charge in [-0.05, 0) is 48.4 Å². The number of carbonyl (C=O) groups excluding carboxylic acids is 2. The molecule has 1 aromatic carbocycles. The molecule has 3 rings (SSSR count). The Kier molecular flexibility index (Phi) is 5.09. The van der Waals surface area contributed by atoms with Crippen LogP contribution in [0.15, 0.2) is 48.7 Å². The molecular weight excluding hydrogens is 355 g/mol. The maximum Gasteiger partial charge on any atom is 0.348 e. The Hall–Kier alpha value is -3.06. The average molecular weight is 370 g/mol. The van der Waals surface area contributed by atoms with Crippen molar-refractivity contribution in [1.29, 1.82) is 0 Å². The van der Waals surface area contributed by atoms with Gasteiger partial charge in [0, 0.05) is 11.1 Å². The summed E-state index contributed by atoms with van der Waals surface area (Å²) in [6.45, 7) is 1.72. The van der Waals surface area contributed by atoms with Crippen molar-refractivity contribution in [2.75, 3.05) is 0 Å². The van der Waals surface area contributed by atoms with Crippen LogP contribution in [0.25, 0.3) is 10.4 Å². The summed E-state index contributed by atoms with van der Waals surface area (Å²) in [4.78, 5) is 29.0. The van der Waals surface area contributed by atoms with Crippen LogP contribution in [-0.2, 0) is 11.3 Å². The lowest BCUT2D eigenvalue weighted by molar-refractivity contribution is 0.0471. The number of hydrogen-bond donors (Lipinski definition) is 1. The third-order valence-electron chi connectivity index (χ3n) is 3.72. The number of esters is 1. The van der Waals surface area contributed by atoms with E-state index in [2.05, 4.69) is 4.98 Å². The Balaban J connectivity index is 1.76. The molecule has 2 N–H and O–H groups in total. The summed E-state index contributed by atoms with van der Waals surface area (Å²) in [5.41, 5.74) is 7.53. The summed E-state index contributed by atoms with van der Waals surface area (Å²) in [5, 5.41) is 0. The lowest BCUT2D eigenvalue weighted by atomic mass is 10.1. The first-order chi connectivity index (χ1) is 12.5. The topological polar surface area (TPSA) is 82.3 Å². The summed E-state index contributed by atoms with van der Waals surface area (Å²) < 4.78 is 18.3. The molecule has 132 valence electrons. The molecule has 0 aliphatic heterocycles. The van der Waals surface area contributed by atoms with Crippen molar-refractivity contribution >= 4 is 23.2 Å². The van der Waals surface area contributed by atoms with Crippen LogP contribution in [0.1, 0.15) is 31.3 Å². The summed E-state index contributed by atoms with van der Waals surface area (Å²) in [6, 6.07) is 10.9. The van der Waals surface area contributed by atoms with Crippen LogP contribution in [0.4, 0.5) is 4.39 Å². The molecule has 3 aromatic rings. The van der Waals surface area contributed by atoms with Crippen LogP contribution < -0.4 is 5.73 Å². The van der Waals surface area contributed by atoms with Gasteiger partial charge in [0.15, 0.2) is 0 Å². The normalized spacial score (nSPS) is 10.5. The second-order valence-corrected chi connectivity index (χ2v) is 6.62. The molecule has 2 heterocycles. The SMILES string of the molecule is Cc1cc(C(=O)OCc2ncccc2C(N)=O)sc1-c1ccc(F)cc1. The van der Waals surface area contributed by atoms with E-state index in [0.29, 0.717) is 10.6 Å². The highest BCUT2D eigenvalue weighted by atomic mass is 32.1. The van der Waals surface area contributed by atoms with Crippen molar-refractivity contribution in [2.45, 2.75) is 13.5 Å². The van der Waals surface area contributed by atoms with Gasteiger partial charge in [-0.3, -0.25) is 9.78 Å². The van der Waals surface area contributed by atoms with Crippen molar-refractivity contribution < 1.29 is 18.7 Å². The van der Waals surface area contributed by atoms with Crippen LogP contribution in [0.5, 0.6) is 0 Å². The van der Waals surface area contributed by atoms with Crippen LogP contribution in [0.3, 0.4) is 0 Å². The van der Waals surface area contributed by atoms with E-state index in [4.69, 9.17) is 10.5 Å². The van der Waals surface area contributed by atoms with Gasteiger partial charge in [-0.25, -0.2) is 9.18 Å². The van der Waals surface area contributed by atoms with E-state index in [1.807, 2.05) is 6.92 Å². The minimum atomic E-state index is -0.630. The number of primary amides is 1. The Morgan fingerprint density at radius 1 is 1.23 bits per heavy atom. The molecule has 0 unspecified atom stereocenters. The maximum absolute atomic E-state index is 13.1. The molecule has 7 heteroatoms. The summed E-state index contributed by atoms with van der Waals surface area (Å²) in [7, 11) is 0. The average Bonchev–Trinajstić information content (AvgIpc) is 3.02. The molecular formula is C19H15FN2O3S. The maximum atomic E-state index is 13.1. The minimum Gasteiger partial charge on any atom is -0.455 e. The molecule has 0 aliphatic carbocycles. The van der Waals surface area contributed by atoms with E-state index in [0.717, 1.165) is 16.0 Å². The summed E-state index contributed by atoms with van der Waals surface area (Å²) in [6.07, 6.45) is 1.50. The Morgan fingerprint density at radius 2 is 1.96 bits per heavy atom. The predicted octanol–water partition coefficient (Wildman–Crippen LogP) is 3.71. The van der Waals surface area contributed by atoms with Crippen LogP contribution in [0.2, 0.25) is 0 Å². The number of aromatic nitrogens is 1. The number of hydrogen-bond acceptors (Lipinski definition) is 5. The largest absolute Gasteiger partial charge is 0.455 e. The van der Waals surface area contributed by atoms with Crippen molar-refractivity contribution in [2.24, 2.45) is 5.73 Å². The first-order valence-electron chi connectivity index (χ1n) is 7.73. The lowest BCUT2D eigenvalue weighted by Crippen LogP contribution is -2.16. The first kappa shape index (κ1) is 17.8. The van der Waals surface area contributed by atoms with Gasteiger partial charge < -0.3 is 10.5 Å². The number of pyridine rings is 1. The Morgan fingerprint density at radius 3 is 2.65 bits per heavy atom.